The van der Waals surface area contributed by atoms with Crippen LogP contribution in [0.3, 0.4) is 0 Å². The summed E-state index contributed by atoms with van der Waals surface area (Å²) in [6.45, 7) is 2.62. The highest BCUT2D eigenvalue weighted by Crippen LogP contribution is 2.60. The third kappa shape index (κ3) is 3.88. The molecular weight excluding hydrogens is 397 g/mol. The minimum atomic E-state index is -0.974. The van der Waals surface area contributed by atoms with E-state index < -0.39 is 23.9 Å². The van der Waals surface area contributed by atoms with Crippen LogP contribution >= 0.6 is 0 Å². The molecule has 4 bridgehead atoms. The summed E-state index contributed by atoms with van der Waals surface area (Å²) in [4.78, 5) is 24.0. The van der Waals surface area contributed by atoms with E-state index >= 15 is 0 Å². The van der Waals surface area contributed by atoms with Crippen LogP contribution in [-0.2, 0) is 11.2 Å². The molecule has 5 aliphatic rings. The Morgan fingerprint density at radius 1 is 1.10 bits per heavy atom. The lowest BCUT2D eigenvalue weighted by molar-refractivity contribution is -0.139. The monoisotopic (exact) mass is 429 g/mol. The topological polar surface area (TPSA) is 75.6 Å². The number of ketones is 1. The number of benzene rings is 1. The van der Waals surface area contributed by atoms with Gasteiger partial charge in [0.15, 0.2) is 5.78 Å². The molecule has 5 fully saturated rings. The van der Waals surface area contributed by atoms with E-state index in [9.17, 15) is 14.0 Å². The lowest BCUT2D eigenvalue weighted by atomic mass is 9.50. The Bertz CT molecular complexity index is 862. The Balaban J connectivity index is 1.31. The molecule has 0 aromatic heterocycles. The third-order valence-electron chi connectivity index (χ3n) is 8.26. The molecule has 5 nitrogen and oxygen atoms in total. The Kier molecular flexibility index (Phi) is 5.32. The number of carbonyl (C=O) groups is 2. The van der Waals surface area contributed by atoms with Gasteiger partial charge in [-0.25, -0.2) is 4.39 Å². The number of carbonyl (C=O) groups excluding carboxylic acids is 1. The molecule has 1 aromatic carbocycles. The number of rotatable bonds is 7. The third-order valence-corrected chi connectivity index (χ3v) is 8.26. The van der Waals surface area contributed by atoms with Gasteiger partial charge in [0, 0.05) is 11.5 Å². The molecule has 168 valence electrons. The van der Waals surface area contributed by atoms with Crippen LogP contribution in [-0.4, -0.2) is 35.5 Å². The van der Waals surface area contributed by atoms with Crippen molar-refractivity contribution in [2.45, 2.75) is 76.8 Å². The fourth-order valence-corrected chi connectivity index (χ4v) is 7.23. The first-order valence-corrected chi connectivity index (χ1v) is 11.8. The van der Waals surface area contributed by atoms with Crippen LogP contribution in [0.15, 0.2) is 12.1 Å². The molecule has 1 aromatic rings. The SMILES string of the molecule is CCc1cc(C(=O)C2CCC(C(=O)O)N2)c(F)cc1OCC12CC3CC(CC(C3)C1)C2. The number of nitrogens with one attached hydrogen (secondary N) is 1. The fraction of sp³-hybridized carbons (Fsp3) is 0.680. The summed E-state index contributed by atoms with van der Waals surface area (Å²) in [5, 5.41) is 12.0. The first-order valence-electron chi connectivity index (χ1n) is 11.8. The Morgan fingerprint density at radius 3 is 2.26 bits per heavy atom. The van der Waals surface area contributed by atoms with Gasteiger partial charge in [-0.2, -0.15) is 0 Å². The highest BCUT2D eigenvalue weighted by molar-refractivity contribution is 6.01. The van der Waals surface area contributed by atoms with E-state index in [2.05, 4.69) is 5.32 Å². The van der Waals surface area contributed by atoms with Gasteiger partial charge in [0.25, 0.3) is 0 Å². The summed E-state index contributed by atoms with van der Waals surface area (Å²) in [5.41, 5.74) is 1.11. The number of Topliss-reactive ketones (excluding diaryl/α,β-unsaturated/α-hetero) is 1. The standard InChI is InChI=1S/C25H32FNO4/c1-2-17-8-18(23(28)20-3-4-21(27-20)24(29)30)19(26)9-22(17)31-13-25-10-14-5-15(11-25)7-16(6-14)12-25/h8-9,14-16,20-21,27H,2-7,10-13H2,1H3,(H,29,30). The zero-order chi connectivity index (χ0) is 21.8. The number of aliphatic carboxylic acids is 1. The zero-order valence-corrected chi connectivity index (χ0v) is 18.2. The molecule has 2 N–H and O–H groups in total. The zero-order valence-electron chi connectivity index (χ0n) is 18.2. The summed E-state index contributed by atoms with van der Waals surface area (Å²) < 4.78 is 21.2. The maximum Gasteiger partial charge on any atom is 0.320 e. The van der Waals surface area contributed by atoms with E-state index in [1.807, 2.05) is 6.92 Å². The van der Waals surface area contributed by atoms with Crippen LogP contribution in [0, 0.1) is 29.0 Å². The molecule has 0 spiro atoms. The van der Waals surface area contributed by atoms with Crippen LogP contribution < -0.4 is 10.1 Å². The van der Waals surface area contributed by atoms with E-state index in [4.69, 9.17) is 9.84 Å². The van der Waals surface area contributed by atoms with Gasteiger partial charge >= 0.3 is 5.97 Å². The molecule has 1 heterocycles. The number of aryl methyl sites for hydroxylation is 1. The maximum atomic E-state index is 15.0. The van der Waals surface area contributed by atoms with Gasteiger partial charge in [0.05, 0.1) is 18.2 Å². The second-order valence-electron chi connectivity index (χ2n) is 10.6. The summed E-state index contributed by atoms with van der Waals surface area (Å²) in [7, 11) is 0. The summed E-state index contributed by atoms with van der Waals surface area (Å²) in [6, 6.07) is 1.59. The van der Waals surface area contributed by atoms with E-state index in [0.717, 1.165) is 23.3 Å². The molecule has 2 unspecified atom stereocenters. The van der Waals surface area contributed by atoms with E-state index in [0.29, 0.717) is 31.6 Å². The first kappa shape index (κ1) is 20.9. The number of hydrogen-bond donors (Lipinski definition) is 2. The summed E-state index contributed by atoms with van der Waals surface area (Å²) in [5.74, 6) is 1.14. The fourth-order valence-electron chi connectivity index (χ4n) is 7.23. The Labute approximate surface area is 182 Å². The quantitative estimate of drug-likeness (QED) is 0.630. The number of ether oxygens (including phenoxy) is 1. The molecule has 6 rings (SSSR count). The highest BCUT2D eigenvalue weighted by atomic mass is 19.1. The molecule has 31 heavy (non-hydrogen) atoms. The van der Waals surface area contributed by atoms with Crippen LogP contribution in [0.2, 0.25) is 0 Å². The average Bonchev–Trinajstić information content (AvgIpc) is 3.21. The molecule has 4 saturated carbocycles. The Hall–Kier alpha value is -1.95. The second kappa shape index (κ2) is 7.88. The van der Waals surface area contributed by atoms with Crippen LogP contribution in [0.25, 0.3) is 0 Å². The van der Waals surface area contributed by atoms with Gasteiger partial charge in [0.1, 0.15) is 17.6 Å². The van der Waals surface area contributed by atoms with Crippen molar-refractivity contribution >= 4 is 11.8 Å². The maximum absolute atomic E-state index is 15.0. The molecule has 4 aliphatic carbocycles. The van der Waals surface area contributed by atoms with Crippen molar-refractivity contribution in [3.63, 3.8) is 0 Å². The number of halogens is 1. The lowest BCUT2D eigenvalue weighted by Gasteiger charge is -2.56. The largest absolute Gasteiger partial charge is 0.493 e. The predicted molar refractivity (Wildman–Crippen MR) is 114 cm³/mol. The van der Waals surface area contributed by atoms with Crippen LogP contribution in [0.4, 0.5) is 4.39 Å². The van der Waals surface area contributed by atoms with E-state index in [-0.39, 0.29) is 16.8 Å². The molecule has 1 aliphatic heterocycles. The molecule has 0 radical (unpaired) electrons. The van der Waals surface area contributed by atoms with Crippen molar-refractivity contribution in [3.05, 3.63) is 29.1 Å². The van der Waals surface area contributed by atoms with Crippen molar-refractivity contribution in [1.29, 1.82) is 0 Å². The number of hydrogen-bond acceptors (Lipinski definition) is 4. The minimum Gasteiger partial charge on any atom is -0.493 e. The Morgan fingerprint density at radius 2 is 1.71 bits per heavy atom. The summed E-state index contributed by atoms with van der Waals surface area (Å²) in [6.07, 6.45) is 9.26. The van der Waals surface area contributed by atoms with Crippen molar-refractivity contribution in [2.24, 2.45) is 23.2 Å². The van der Waals surface area contributed by atoms with Crippen LogP contribution in [0.5, 0.6) is 5.75 Å². The van der Waals surface area contributed by atoms with Gasteiger partial charge in [-0.1, -0.05) is 6.92 Å². The van der Waals surface area contributed by atoms with Gasteiger partial charge in [-0.3, -0.25) is 14.9 Å². The highest BCUT2D eigenvalue weighted by Gasteiger charge is 2.51. The van der Waals surface area contributed by atoms with Crippen molar-refractivity contribution in [3.8, 4) is 5.75 Å². The van der Waals surface area contributed by atoms with Crippen molar-refractivity contribution in [2.75, 3.05) is 6.61 Å². The molecule has 2 atom stereocenters. The predicted octanol–water partition coefficient (Wildman–Crippen LogP) is 4.37. The molecule has 6 heteroatoms. The molecule has 0 amide bonds. The van der Waals surface area contributed by atoms with Crippen LogP contribution in [0.1, 0.15) is 74.2 Å². The second-order valence-corrected chi connectivity index (χ2v) is 10.6. The first-order chi connectivity index (χ1) is 14.9. The lowest BCUT2D eigenvalue weighted by Crippen LogP contribution is -2.48. The smallest absolute Gasteiger partial charge is 0.320 e. The number of carboxylic acids is 1. The van der Waals surface area contributed by atoms with Gasteiger partial charge in [-0.15, -0.1) is 0 Å². The van der Waals surface area contributed by atoms with Gasteiger partial charge in [-0.05, 0) is 87.2 Å². The number of carboxylic acid groups (broad SMARTS) is 1. The minimum absolute atomic E-state index is 0.0301. The van der Waals surface area contributed by atoms with Crippen molar-refractivity contribution < 1.29 is 23.8 Å². The average molecular weight is 430 g/mol. The van der Waals surface area contributed by atoms with E-state index in [1.54, 1.807) is 6.07 Å². The molecule has 1 saturated heterocycles. The molecular formula is C25H32FNO4. The van der Waals surface area contributed by atoms with Gasteiger partial charge < -0.3 is 9.84 Å². The summed E-state index contributed by atoms with van der Waals surface area (Å²) >= 11 is 0. The van der Waals surface area contributed by atoms with Gasteiger partial charge in [0.2, 0.25) is 0 Å². The normalized spacial score (nSPS) is 36.0. The van der Waals surface area contributed by atoms with E-state index in [1.165, 1.54) is 44.6 Å². The van der Waals surface area contributed by atoms with Crippen molar-refractivity contribution in [1.82, 2.24) is 5.32 Å².